The van der Waals surface area contributed by atoms with Crippen LogP contribution in [0.2, 0.25) is 0 Å². The molecule has 5 rings (SSSR count). The molecule has 0 aliphatic heterocycles. The van der Waals surface area contributed by atoms with Crippen molar-refractivity contribution < 1.29 is 0 Å². The van der Waals surface area contributed by atoms with Crippen molar-refractivity contribution in [3.8, 4) is 0 Å². The zero-order chi connectivity index (χ0) is 15.0. The Morgan fingerprint density at radius 1 is 0.810 bits per heavy atom. The lowest BCUT2D eigenvalue weighted by Crippen LogP contribution is -2.36. The minimum absolute atomic E-state index is 0.442. The topological polar surface area (TPSA) is 0 Å². The van der Waals surface area contributed by atoms with Gasteiger partial charge in [-0.25, -0.2) is 0 Å². The Morgan fingerprint density at radius 3 is 2.10 bits per heavy atom. The molecule has 0 heterocycles. The molecule has 21 heavy (non-hydrogen) atoms. The van der Waals surface area contributed by atoms with E-state index in [1.165, 1.54) is 25.7 Å². The molecule has 5 fully saturated rings. The van der Waals surface area contributed by atoms with Gasteiger partial charge in [0.25, 0.3) is 0 Å². The van der Waals surface area contributed by atoms with Gasteiger partial charge >= 0.3 is 0 Å². The molecule has 5 aliphatic rings. The summed E-state index contributed by atoms with van der Waals surface area (Å²) in [5.41, 5.74) is 1.82. The van der Waals surface area contributed by atoms with Gasteiger partial charge in [0.2, 0.25) is 0 Å². The van der Waals surface area contributed by atoms with Crippen LogP contribution in [-0.4, -0.2) is 0 Å². The highest BCUT2D eigenvalue weighted by molar-refractivity contribution is 5.70. The van der Waals surface area contributed by atoms with Crippen molar-refractivity contribution >= 4 is 0 Å². The molecule has 0 spiro atoms. The molecule has 4 unspecified atom stereocenters. The molecular weight excluding hydrogens is 252 g/mol. The molecule has 0 aromatic carbocycles. The summed E-state index contributed by atoms with van der Waals surface area (Å²) < 4.78 is 0. The number of rotatable bonds is 0. The van der Waals surface area contributed by atoms with Crippen molar-refractivity contribution in [1.29, 1.82) is 0 Å². The summed E-state index contributed by atoms with van der Waals surface area (Å²) in [6.45, 7) is 15.3. The van der Waals surface area contributed by atoms with Gasteiger partial charge in [-0.3, -0.25) is 0 Å². The van der Waals surface area contributed by atoms with Crippen molar-refractivity contribution in [1.82, 2.24) is 0 Å². The zero-order valence-corrected chi connectivity index (χ0v) is 14.6. The van der Waals surface area contributed by atoms with Gasteiger partial charge in [0.05, 0.1) is 0 Å². The normalized spacial score (nSPS) is 54.6. The molecule has 0 heteroatoms. The van der Waals surface area contributed by atoms with Gasteiger partial charge in [-0.15, -0.1) is 0 Å². The van der Waals surface area contributed by atoms with Gasteiger partial charge < -0.3 is 0 Å². The van der Waals surface area contributed by atoms with Gasteiger partial charge in [-0.1, -0.05) is 41.5 Å². The predicted octanol–water partition coefficient (Wildman–Crippen LogP) is 5.41. The van der Waals surface area contributed by atoms with E-state index in [0.29, 0.717) is 21.7 Å². The van der Waals surface area contributed by atoms with Crippen LogP contribution in [0.4, 0.5) is 0 Å². The van der Waals surface area contributed by atoms with E-state index in [9.17, 15) is 0 Å². The van der Waals surface area contributed by atoms with E-state index in [0.717, 1.165) is 11.8 Å². The van der Waals surface area contributed by atoms with Crippen molar-refractivity contribution in [3.63, 3.8) is 0 Å². The molecule has 5 radical (unpaired) electrons. The van der Waals surface area contributed by atoms with Gasteiger partial charge in [0.1, 0.15) is 0 Å². The van der Waals surface area contributed by atoms with Crippen LogP contribution in [0.25, 0.3) is 0 Å². The first kappa shape index (κ1) is 13.4. The van der Waals surface area contributed by atoms with E-state index in [-0.39, 0.29) is 0 Å². The molecule has 5 aliphatic carbocycles. The Balaban J connectivity index is 1.64. The summed E-state index contributed by atoms with van der Waals surface area (Å²) >= 11 is 0. The second-order valence-corrected chi connectivity index (χ2v) is 10.1. The third-order valence-corrected chi connectivity index (χ3v) is 9.47. The fourth-order valence-electron chi connectivity index (χ4n) is 7.28. The lowest BCUT2D eigenvalue weighted by atomic mass is 9.60. The van der Waals surface area contributed by atoms with Crippen molar-refractivity contribution in [2.75, 3.05) is 0 Å². The average Bonchev–Trinajstić information content (AvgIpc) is 3.03. The highest BCUT2D eigenvalue weighted by Crippen LogP contribution is 2.86. The molecular formula is C21H29. The standard InChI is InChI=1S/C21H29/c1-18(2)13-7-10-21(18,6)17-12(13)11-15-16(17)14-8-9-20(15,5)19(14,3)4/h11,13-14H,7-10H2,1-6H3. The summed E-state index contributed by atoms with van der Waals surface area (Å²) in [5.74, 6) is 8.86. The van der Waals surface area contributed by atoms with Crippen LogP contribution < -0.4 is 0 Å². The van der Waals surface area contributed by atoms with Crippen LogP contribution in [-0.2, 0) is 0 Å². The van der Waals surface area contributed by atoms with E-state index in [1.54, 1.807) is 11.8 Å². The Labute approximate surface area is 131 Å². The summed E-state index contributed by atoms with van der Waals surface area (Å²) in [5, 5.41) is 0. The van der Waals surface area contributed by atoms with Gasteiger partial charge in [0, 0.05) is 0 Å². The average molecular weight is 281 g/mol. The van der Waals surface area contributed by atoms with Crippen molar-refractivity contribution in [2.24, 2.45) is 33.5 Å². The maximum absolute atomic E-state index is 2.68. The molecule has 5 saturated carbocycles. The first-order valence-corrected chi connectivity index (χ1v) is 9.01. The summed E-state index contributed by atoms with van der Waals surface area (Å²) in [7, 11) is 0. The third kappa shape index (κ3) is 1.07. The Bertz CT molecular complexity index is 514. The Kier molecular flexibility index (Phi) is 2.09. The molecule has 0 nitrogen and oxygen atoms in total. The van der Waals surface area contributed by atoms with Crippen molar-refractivity contribution in [2.45, 2.75) is 67.2 Å². The lowest BCUT2D eigenvalue weighted by Gasteiger charge is -2.44. The van der Waals surface area contributed by atoms with Crippen LogP contribution in [0, 0.1) is 63.6 Å². The quantitative estimate of drug-likeness (QED) is 0.556. The van der Waals surface area contributed by atoms with Crippen LogP contribution >= 0.6 is 0 Å². The summed E-state index contributed by atoms with van der Waals surface area (Å²) in [6.07, 6.45) is 8.35. The van der Waals surface area contributed by atoms with E-state index < -0.39 is 0 Å². The molecule has 4 atom stereocenters. The second kappa shape index (κ2) is 3.27. The fourth-order valence-corrected chi connectivity index (χ4v) is 7.28. The second-order valence-electron chi connectivity index (χ2n) is 10.1. The highest BCUT2D eigenvalue weighted by atomic mass is 14.8. The summed E-state index contributed by atoms with van der Waals surface area (Å²) in [6, 6.07) is 0. The van der Waals surface area contributed by atoms with Crippen LogP contribution in [0.5, 0.6) is 0 Å². The maximum atomic E-state index is 2.68. The summed E-state index contributed by atoms with van der Waals surface area (Å²) in [4.78, 5) is 0. The van der Waals surface area contributed by atoms with Gasteiger partial charge in [0.15, 0.2) is 0 Å². The minimum atomic E-state index is 0.442. The maximum Gasteiger partial charge on any atom is -0.00259 e. The minimum Gasteiger partial charge on any atom is -0.0591 e. The highest BCUT2D eigenvalue weighted by Gasteiger charge is 2.79. The zero-order valence-electron chi connectivity index (χ0n) is 14.6. The molecule has 0 aromatic rings. The number of hydrogen-bond donors (Lipinski definition) is 0. The third-order valence-electron chi connectivity index (χ3n) is 9.47. The molecule has 0 N–H and O–H groups in total. The van der Waals surface area contributed by atoms with Crippen LogP contribution in [0.3, 0.4) is 0 Å². The lowest BCUT2D eigenvalue weighted by molar-refractivity contribution is 0.158. The Hall–Kier alpha value is 0. The molecule has 0 amide bonds. The SMILES string of the molecule is CC12CCC([C]3[C]1[CH][C]1[C]3C3(C)CCC1C3(C)C)C2(C)C. The van der Waals surface area contributed by atoms with Gasteiger partial charge in [-0.2, -0.15) is 0 Å². The molecule has 0 aromatic heterocycles. The van der Waals surface area contributed by atoms with E-state index >= 15 is 0 Å². The first-order chi connectivity index (χ1) is 9.66. The van der Waals surface area contributed by atoms with Crippen molar-refractivity contribution in [3.05, 3.63) is 30.1 Å². The fraction of sp³-hybridized carbons (Fsp3) is 0.762. The predicted molar refractivity (Wildman–Crippen MR) is 86.5 cm³/mol. The monoisotopic (exact) mass is 281 g/mol. The van der Waals surface area contributed by atoms with Crippen LogP contribution in [0.15, 0.2) is 0 Å². The number of hydrogen-bond acceptors (Lipinski definition) is 0. The van der Waals surface area contributed by atoms with E-state index in [4.69, 9.17) is 0 Å². The number of fused-ring (bicyclic) bond motifs is 11. The molecule has 4 bridgehead atoms. The largest absolute Gasteiger partial charge is 0.0591 e. The first-order valence-electron chi connectivity index (χ1n) is 9.01. The smallest absolute Gasteiger partial charge is 0.00259 e. The molecule has 113 valence electrons. The van der Waals surface area contributed by atoms with E-state index in [2.05, 4.69) is 48.0 Å². The Morgan fingerprint density at radius 2 is 1.38 bits per heavy atom. The van der Waals surface area contributed by atoms with Crippen LogP contribution in [0.1, 0.15) is 67.2 Å². The van der Waals surface area contributed by atoms with Gasteiger partial charge in [-0.05, 0) is 89.3 Å². The van der Waals surface area contributed by atoms with E-state index in [1.807, 2.05) is 11.8 Å². The molecule has 0 saturated heterocycles.